The summed E-state index contributed by atoms with van der Waals surface area (Å²) in [6.45, 7) is 1.68. The number of carbonyl (C=O) groups is 1. The molecule has 130 valence electrons. The van der Waals surface area contributed by atoms with Crippen LogP contribution in [0.2, 0.25) is 10.0 Å². The minimum Gasteiger partial charge on any atom is -0.333 e. The largest absolute Gasteiger partial charge is 0.333 e. The van der Waals surface area contributed by atoms with Crippen molar-refractivity contribution >= 4 is 57.6 Å². The van der Waals surface area contributed by atoms with Crippen LogP contribution in [-0.4, -0.2) is 21.1 Å². The number of hydrogen-bond acceptors (Lipinski definition) is 3. The molecule has 0 aliphatic heterocycles. The predicted molar refractivity (Wildman–Crippen MR) is 96.4 cm³/mol. The monoisotopic (exact) mass is 401 g/mol. The predicted octanol–water partition coefficient (Wildman–Crippen LogP) is 5.27. The molecule has 1 unspecified atom stereocenters. The number of hydrogen-bond donors (Lipinski definition) is 2. The van der Waals surface area contributed by atoms with Crippen molar-refractivity contribution in [2.45, 2.75) is 17.3 Å². The van der Waals surface area contributed by atoms with Gasteiger partial charge in [0, 0.05) is 17.2 Å². The maximum atomic E-state index is 13.2. The molecule has 0 radical (unpaired) electrons. The van der Waals surface area contributed by atoms with Crippen molar-refractivity contribution in [3.63, 3.8) is 0 Å². The van der Waals surface area contributed by atoms with Crippen molar-refractivity contribution in [1.82, 2.24) is 9.97 Å². The molecule has 4 nitrogen and oxygen atoms in total. The van der Waals surface area contributed by atoms with Gasteiger partial charge in [-0.05, 0) is 25.1 Å². The molecule has 1 amide bonds. The fourth-order valence-corrected chi connectivity index (χ4v) is 3.36. The van der Waals surface area contributed by atoms with E-state index in [1.165, 1.54) is 6.07 Å². The molecular weight excluding hydrogens is 391 g/mol. The van der Waals surface area contributed by atoms with Crippen LogP contribution in [0.15, 0.2) is 35.5 Å². The van der Waals surface area contributed by atoms with E-state index in [0.717, 1.165) is 23.9 Å². The molecule has 9 heteroatoms. The molecule has 0 aliphatic rings. The third-order valence-electron chi connectivity index (χ3n) is 3.35. The second-order valence-electron chi connectivity index (χ2n) is 5.20. The van der Waals surface area contributed by atoms with E-state index in [0.29, 0.717) is 26.4 Å². The fourth-order valence-electron chi connectivity index (χ4n) is 2.08. The van der Waals surface area contributed by atoms with Gasteiger partial charge in [0.05, 0.1) is 27.0 Å². The minimum absolute atomic E-state index is 0.287. The molecule has 1 atom stereocenters. The number of rotatable bonds is 4. The fraction of sp³-hybridized carbons (Fsp3) is 0.125. The van der Waals surface area contributed by atoms with Crippen molar-refractivity contribution in [1.29, 1.82) is 0 Å². The third kappa shape index (κ3) is 4.05. The molecule has 0 saturated carbocycles. The van der Waals surface area contributed by atoms with Gasteiger partial charge in [0.15, 0.2) is 16.8 Å². The summed E-state index contributed by atoms with van der Waals surface area (Å²) in [5.74, 6) is -2.23. The van der Waals surface area contributed by atoms with Gasteiger partial charge < -0.3 is 10.3 Å². The lowest BCUT2D eigenvalue weighted by atomic mass is 10.3. The number of carbonyl (C=O) groups excluding carboxylic acids is 1. The third-order valence-corrected chi connectivity index (χ3v) is 4.88. The van der Waals surface area contributed by atoms with E-state index in [9.17, 15) is 13.6 Å². The van der Waals surface area contributed by atoms with Gasteiger partial charge in [-0.2, -0.15) is 0 Å². The summed E-state index contributed by atoms with van der Waals surface area (Å²) in [5, 5.41) is 3.34. The number of aromatic nitrogens is 2. The molecule has 0 aliphatic carbocycles. The second-order valence-corrected chi connectivity index (χ2v) is 7.37. The van der Waals surface area contributed by atoms with Gasteiger partial charge in [0.2, 0.25) is 5.91 Å². The number of aromatic amines is 1. The number of anilines is 1. The van der Waals surface area contributed by atoms with Crippen molar-refractivity contribution in [2.24, 2.45) is 0 Å². The Morgan fingerprint density at radius 2 is 1.96 bits per heavy atom. The molecule has 0 spiro atoms. The summed E-state index contributed by atoms with van der Waals surface area (Å²) in [6, 6.07) is 6.78. The van der Waals surface area contributed by atoms with Crippen LogP contribution in [0.4, 0.5) is 14.5 Å². The Hall–Kier alpha value is -1.83. The van der Waals surface area contributed by atoms with Crippen molar-refractivity contribution in [3.8, 4) is 0 Å². The molecule has 1 aromatic heterocycles. The highest BCUT2D eigenvalue weighted by Crippen LogP contribution is 2.28. The highest BCUT2D eigenvalue weighted by Gasteiger charge is 2.18. The summed E-state index contributed by atoms with van der Waals surface area (Å²) in [7, 11) is 0. The van der Waals surface area contributed by atoms with Crippen molar-refractivity contribution < 1.29 is 13.6 Å². The molecule has 2 N–H and O–H groups in total. The molecule has 2 aromatic carbocycles. The number of imidazole rings is 1. The number of halogens is 4. The van der Waals surface area contributed by atoms with E-state index in [1.54, 1.807) is 19.1 Å². The van der Waals surface area contributed by atoms with E-state index in [-0.39, 0.29) is 11.4 Å². The molecule has 0 saturated heterocycles. The first kappa shape index (κ1) is 18.0. The molecule has 3 aromatic rings. The first-order valence-corrected chi connectivity index (χ1v) is 8.74. The molecule has 25 heavy (non-hydrogen) atoms. The number of fused-ring (bicyclic) bond motifs is 1. The molecule has 3 rings (SSSR count). The van der Waals surface area contributed by atoms with Gasteiger partial charge in [0.25, 0.3) is 0 Å². The average Bonchev–Trinajstić information content (AvgIpc) is 2.91. The Labute approximate surface area is 155 Å². The van der Waals surface area contributed by atoms with E-state index >= 15 is 0 Å². The lowest BCUT2D eigenvalue weighted by molar-refractivity contribution is -0.115. The standard InChI is InChI=1S/C16H11Cl2F2N3OS/c1-7(15(24)21-12-3-2-8(17)4-9(12)18)25-16-22-13-5-10(19)11(20)6-14(13)23-16/h2-7H,1H3,(H,21,24)(H,22,23). The highest BCUT2D eigenvalue weighted by molar-refractivity contribution is 8.00. The molecule has 0 bridgehead atoms. The highest BCUT2D eigenvalue weighted by atomic mass is 35.5. The molecule has 1 heterocycles. The van der Waals surface area contributed by atoms with Gasteiger partial charge in [-0.3, -0.25) is 4.79 Å². The number of amides is 1. The zero-order valence-corrected chi connectivity index (χ0v) is 15.1. The Morgan fingerprint density at radius 1 is 1.24 bits per heavy atom. The normalized spacial score (nSPS) is 12.4. The zero-order chi connectivity index (χ0) is 18.1. The Morgan fingerprint density at radius 3 is 2.68 bits per heavy atom. The quantitative estimate of drug-likeness (QED) is 0.585. The van der Waals surface area contributed by atoms with Gasteiger partial charge in [-0.15, -0.1) is 0 Å². The zero-order valence-electron chi connectivity index (χ0n) is 12.7. The van der Waals surface area contributed by atoms with E-state index in [1.807, 2.05) is 0 Å². The van der Waals surface area contributed by atoms with Gasteiger partial charge >= 0.3 is 0 Å². The van der Waals surface area contributed by atoms with Crippen LogP contribution in [0.1, 0.15) is 6.92 Å². The van der Waals surface area contributed by atoms with Gasteiger partial charge in [0.1, 0.15) is 0 Å². The smallest absolute Gasteiger partial charge is 0.237 e. The van der Waals surface area contributed by atoms with Gasteiger partial charge in [-0.1, -0.05) is 35.0 Å². The topological polar surface area (TPSA) is 57.8 Å². The van der Waals surface area contributed by atoms with Crippen LogP contribution >= 0.6 is 35.0 Å². The molecular formula is C16H11Cl2F2N3OS. The lowest BCUT2D eigenvalue weighted by Gasteiger charge is -2.11. The summed E-state index contributed by atoms with van der Waals surface area (Å²) in [4.78, 5) is 19.3. The summed E-state index contributed by atoms with van der Waals surface area (Å²) < 4.78 is 26.5. The number of nitrogens with one attached hydrogen (secondary N) is 2. The van der Waals surface area contributed by atoms with Crippen LogP contribution in [0.3, 0.4) is 0 Å². The van der Waals surface area contributed by atoms with Crippen LogP contribution in [-0.2, 0) is 4.79 Å². The van der Waals surface area contributed by atoms with Crippen LogP contribution in [0, 0.1) is 11.6 Å². The lowest BCUT2D eigenvalue weighted by Crippen LogP contribution is -2.22. The number of nitrogens with zero attached hydrogens (tertiary/aromatic N) is 1. The van der Waals surface area contributed by atoms with E-state index in [2.05, 4.69) is 15.3 Å². The summed E-state index contributed by atoms with van der Waals surface area (Å²) in [6.07, 6.45) is 0. The maximum absolute atomic E-state index is 13.2. The van der Waals surface area contributed by atoms with Crippen LogP contribution in [0.25, 0.3) is 11.0 Å². The van der Waals surface area contributed by atoms with Crippen LogP contribution in [0.5, 0.6) is 0 Å². The number of thioether (sulfide) groups is 1. The Kier molecular flexibility index (Phi) is 5.17. The van der Waals surface area contributed by atoms with E-state index < -0.39 is 16.9 Å². The van der Waals surface area contributed by atoms with Crippen molar-refractivity contribution in [2.75, 3.05) is 5.32 Å². The first-order valence-electron chi connectivity index (χ1n) is 7.11. The second kappa shape index (κ2) is 7.19. The Balaban J connectivity index is 1.72. The minimum atomic E-state index is -0.973. The van der Waals surface area contributed by atoms with E-state index in [4.69, 9.17) is 23.2 Å². The van der Waals surface area contributed by atoms with Crippen LogP contribution < -0.4 is 5.32 Å². The number of benzene rings is 2. The SMILES string of the molecule is CC(Sc1nc2cc(F)c(F)cc2[nH]1)C(=O)Nc1ccc(Cl)cc1Cl. The average molecular weight is 402 g/mol. The van der Waals surface area contributed by atoms with Crippen molar-refractivity contribution in [3.05, 3.63) is 52.0 Å². The molecule has 0 fully saturated rings. The first-order chi connectivity index (χ1) is 11.8. The Bertz CT molecular complexity index is 925. The summed E-state index contributed by atoms with van der Waals surface area (Å²) >= 11 is 13.0. The maximum Gasteiger partial charge on any atom is 0.237 e. The van der Waals surface area contributed by atoms with Gasteiger partial charge in [-0.25, -0.2) is 13.8 Å². The number of H-pyrrole nitrogens is 1. The summed E-state index contributed by atoms with van der Waals surface area (Å²) in [5.41, 5.74) is 1.08.